The number of amides is 1. The lowest BCUT2D eigenvalue weighted by atomic mass is 9.90. The lowest BCUT2D eigenvalue weighted by Crippen LogP contribution is -2.55. The maximum atomic E-state index is 15.7. The van der Waals surface area contributed by atoms with Gasteiger partial charge in [-0.05, 0) is 72.4 Å². The van der Waals surface area contributed by atoms with Gasteiger partial charge in [-0.3, -0.25) is 0 Å². The van der Waals surface area contributed by atoms with Gasteiger partial charge in [0.2, 0.25) is 15.3 Å². The molecular weight excluding hydrogens is 455 g/mol. The van der Waals surface area contributed by atoms with Crippen molar-refractivity contribution in [3.63, 3.8) is 0 Å². The maximum absolute atomic E-state index is 15.7. The molecule has 1 aliphatic rings. The fourth-order valence-corrected chi connectivity index (χ4v) is 5.84. The summed E-state index contributed by atoms with van der Waals surface area (Å²) in [6, 6.07) is 6.25. The second kappa shape index (κ2) is 10.3. The molecule has 182 valence electrons. The van der Waals surface area contributed by atoms with Crippen LogP contribution in [-0.4, -0.2) is 58.9 Å². The second-order valence-electron chi connectivity index (χ2n) is 10.0. The Kier molecular flexibility index (Phi) is 8.63. The average Bonchev–Trinajstić information content (AvgIpc) is 2.70. The molecule has 0 radical (unpaired) electrons. The summed E-state index contributed by atoms with van der Waals surface area (Å²) in [5.74, 6) is -0.423. The van der Waals surface area contributed by atoms with Gasteiger partial charge in [-0.15, -0.1) is 4.72 Å². The van der Waals surface area contributed by atoms with Crippen molar-refractivity contribution in [2.75, 3.05) is 13.1 Å². The number of rotatable bonds is 6. The molecule has 1 amide bonds. The first kappa shape index (κ1) is 26.9. The zero-order valence-corrected chi connectivity index (χ0v) is 21.3. The van der Waals surface area contributed by atoms with Crippen molar-refractivity contribution < 1.29 is 26.9 Å². The Balaban J connectivity index is 2.22. The molecule has 1 unspecified atom stereocenters. The van der Waals surface area contributed by atoms with Crippen LogP contribution >= 0.6 is 0 Å². The zero-order valence-electron chi connectivity index (χ0n) is 19.6. The number of benzene rings is 1. The molecule has 1 saturated heterocycles. The Labute approximate surface area is 194 Å². The van der Waals surface area contributed by atoms with Gasteiger partial charge < -0.3 is 14.2 Å². The van der Waals surface area contributed by atoms with E-state index >= 15 is 4.39 Å². The summed E-state index contributed by atoms with van der Waals surface area (Å²) >= 11 is -1.67. The fraction of sp³-hybridized carbons (Fsp3) is 0.682. The normalized spacial score (nSPS) is 19.3. The minimum Gasteiger partial charge on any atom is -0.598 e. The molecule has 0 aromatic heterocycles. The Morgan fingerprint density at radius 2 is 1.69 bits per heavy atom. The van der Waals surface area contributed by atoms with Crippen LogP contribution in [-0.2, 0) is 25.9 Å². The molecule has 1 aromatic rings. The molecule has 0 spiro atoms. The minimum atomic E-state index is -4.30. The van der Waals surface area contributed by atoms with Gasteiger partial charge in [0.05, 0.1) is 4.90 Å². The molecule has 1 heterocycles. The summed E-state index contributed by atoms with van der Waals surface area (Å²) in [7, 11) is -4.30. The molecule has 10 heteroatoms. The molecule has 0 aliphatic carbocycles. The van der Waals surface area contributed by atoms with E-state index in [4.69, 9.17) is 4.74 Å². The van der Waals surface area contributed by atoms with Crippen LogP contribution < -0.4 is 4.72 Å². The summed E-state index contributed by atoms with van der Waals surface area (Å²) in [5, 5.41) is 0. The van der Waals surface area contributed by atoms with Gasteiger partial charge in [0.25, 0.3) is 0 Å². The molecule has 1 fully saturated rings. The van der Waals surface area contributed by atoms with Gasteiger partial charge in [0.1, 0.15) is 16.4 Å². The number of hydrogen-bond acceptors (Lipinski definition) is 6. The van der Waals surface area contributed by atoms with Crippen LogP contribution in [0.4, 0.5) is 9.18 Å². The lowest BCUT2D eigenvalue weighted by Gasteiger charge is -2.38. The molecule has 0 bridgehead atoms. The third kappa shape index (κ3) is 7.07. The number of likely N-dealkylation sites (tertiary alicyclic amines) is 1. The van der Waals surface area contributed by atoms with Gasteiger partial charge in [-0.1, -0.05) is 18.2 Å². The van der Waals surface area contributed by atoms with Crippen molar-refractivity contribution in [1.82, 2.24) is 9.62 Å². The number of nitrogens with one attached hydrogen (secondary N) is 1. The van der Waals surface area contributed by atoms with E-state index in [0.29, 0.717) is 25.9 Å². The molecule has 7 nitrogen and oxygen atoms in total. The number of carbonyl (C=O) groups excluding carboxylic acids is 1. The fourth-order valence-electron chi connectivity index (χ4n) is 3.36. The van der Waals surface area contributed by atoms with Gasteiger partial charge in [0, 0.05) is 24.5 Å². The number of ether oxygens (including phenoxy) is 1. The van der Waals surface area contributed by atoms with E-state index in [-0.39, 0.29) is 4.90 Å². The molecule has 0 saturated carbocycles. The third-order valence-electron chi connectivity index (χ3n) is 5.15. The first-order chi connectivity index (χ1) is 14.6. The monoisotopic (exact) mass is 490 g/mol. The van der Waals surface area contributed by atoms with Crippen molar-refractivity contribution >= 4 is 27.3 Å². The second-order valence-corrected chi connectivity index (χ2v) is 14.0. The topological polar surface area (TPSA) is 98.8 Å². The number of piperidine rings is 1. The first-order valence-electron chi connectivity index (χ1n) is 10.7. The molecule has 2 rings (SSSR count). The summed E-state index contributed by atoms with van der Waals surface area (Å²) in [4.78, 5) is 13.8. The highest BCUT2D eigenvalue weighted by Crippen LogP contribution is 2.31. The van der Waals surface area contributed by atoms with Crippen LogP contribution in [0.3, 0.4) is 0 Å². The van der Waals surface area contributed by atoms with Crippen molar-refractivity contribution in [2.45, 2.75) is 81.2 Å². The summed E-state index contributed by atoms with van der Waals surface area (Å²) in [6.45, 7) is 11.1. The number of nitrogens with zero attached hydrogens (tertiary/aromatic N) is 1. The standard InChI is InChI=1S/C22H35FN2O5S2/c1-21(2,3)30-20(26)25-14-12-16(13-15-25)18(24-31(27)22(4,5)6)19(23)32(28,29)17-10-8-7-9-11-17/h7-11,16,18-19,24H,12-15H2,1-6H3/t18-,19?,31+/m1/s1. The summed E-state index contributed by atoms with van der Waals surface area (Å²) in [5.41, 5.74) is -2.91. The lowest BCUT2D eigenvalue weighted by molar-refractivity contribution is 0.0165. The van der Waals surface area contributed by atoms with E-state index in [0.717, 1.165) is 0 Å². The molecule has 3 atom stereocenters. The van der Waals surface area contributed by atoms with Gasteiger partial charge >= 0.3 is 6.09 Å². The van der Waals surface area contributed by atoms with Crippen LogP contribution in [0.1, 0.15) is 54.4 Å². The Morgan fingerprint density at radius 3 is 2.16 bits per heavy atom. The Hall–Kier alpha value is -1.36. The highest BCUT2D eigenvalue weighted by Gasteiger charge is 2.45. The predicted octanol–water partition coefficient (Wildman–Crippen LogP) is 3.82. The van der Waals surface area contributed by atoms with Crippen molar-refractivity contribution in [1.29, 1.82) is 0 Å². The Bertz CT molecular complexity index is 861. The molecule has 1 aliphatic heterocycles. The quantitative estimate of drug-likeness (QED) is 0.609. The van der Waals surface area contributed by atoms with Crippen molar-refractivity contribution in [3.05, 3.63) is 30.3 Å². The largest absolute Gasteiger partial charge is 0.598 e. The van der Waals surface area contributed by atoms with E-state index in [2.05, 4.69) is 4.72 Å². The SMILES string of the molecule is CC(C)(C)OC(=O)N1CCC([C@@H](N[S@@+]([O-])C(C)(C)C)C(F)S(=O)(=O)c2ccccc2)CC1. The number of sulfone groups is 1. The van der Waals surface area contributed by atoms with Crippen molar-refractivity contribution in [2.24, 2.45) is 5.92 Å². The number of hydrogen-bond donors (Lipinski definition) is 1. The zero-order chi connectivity index (χ0) is 24.3. The summed E-state index contributed by atoms with van der Waals surface area (Å²) < 4.78 is 61.8. The van der Waals surface area contributed by atoms with Crippen LogP contribution in [0.25, 0.3) is 0 Å². The van der Waals surface area contributed by atoms with Crippen LogP contribution in [0.2, 0.25) is 0 Å². The highest BCUT2D eigenvalue weighted by molar-refractivity contribution is 7.92. The number of alkyl halides is 1. The maximum Gasteiger partial charge on any atom is 0.410 e. The third-order valence-corrected chi connectivity index (χ3v) is 8.56. The highest BCUT2D eigenvalue weighted by atomic mass is 32.2. The number of halogens is 1. The summed E-state index contributed by atoms with van der Waals surface area (Å²) in [6.07, 6.45) is 0.277. The van der Waals surface area contributed by atoms with Gasteiger partial charge in [0.15, 0.2) is 0 Å². The molecular formula is C22H35FN2O5S2. The van der Waals surface area contributed by atoms with Crippen LogP contribution in [0.15, 0.2) is 35.2 Å². The molecule has 1 aromatic carbocycles. The van der Waals surface area contributed by atoms with Crippen LogP contribution in [0, 0.1) is 5.92 Å². The van der Waals surface area contributed by atoms with E-state index in [1.54, 1.807) is 52.5 Å². The molecule has 32 heavy (non-hydrogen) atoms. The predicted molar refractivity (Wildman–Crippen MR) is 124 cm³/mol. The van der Waals surface area contributed by atoms with E-state index in [1.165, 1.54) is 24.3 Å². The first-order valence-corrected chi connectivity index (χ1v) is 13.4. The smallest absolute Gasteiger partial charge is 0.410 e. The van der Waals surface area contributed by atoms with Crippen molar-refractivity contribution in [3.8, 4) is 0 Å². The Morgan fingerprint density at radius 1 is 1.16 bits per heavy atom. The minimum absolute atomic E-state index is 0.118. The average molecular weight is 491 g/mol. The van der Waals surface area contributed by atoms with Gasteiger partial charge in [-0.2, -0.15) is 0 Å². The van der Waals surface area contributed by atoms with E-state index < -0.39 is 55.1 Å². The van der Waals surface area contributed by atoms with Gasteiger partial charge in [-0.25, -0.2) is 17.6 Å². The van der Waals surface area contributed by atoms with E-state index in [9.17, 15) is 17.8 Å². The van der Waals surface area contributed by atoms with E-state index in [1.807, 2.05) is 0 Å². The molecule has 1 N–H and O–H groups in total. The number of carbonyl (C=O) groups is 1. The van der Waals surface area contributed by atoms with Crippen LogP contribution in [0.5, 0.6) is 0 Å².